The van der Waals surface area contributed by atoms with Crippen molar-refractivity contribution in [3.63, 3.8) is 0 Å². The van der Waals surface area contributed by atoms with Gasteiger partial charge in [0, 0.05) is 6.42 Å². The lowest BCUT2D eigenvalue weighted by molar-refractivity contribution is -0.145. The van der Waals surface area contributed by atoms with Crippen LogP contribution in [0.5, 0.6) is 0 Å². The molecule has 2 unspecified atom stereocenters. The number of hydrogen-bond donors (Lipinski definition) is 1. The third-order valence-electron chi connectivity index (χ3n) is 4.36. The van der Waals surface area contributed by atoms with Crippen LogP contribution in [0.2, 0.25) is 0 Å². The summed E-state index contributed by atoms with van der Waals surface area (Å²) in [5.41, 5.74) is 1.75. The molecule has 130 valence electrons. The van der Waals surface area contributed by atoms with Gasteiger partial charge in [0.1, 0.15) is 0 Å². The highest BCUT2D eigenvalue weighted by molar-refractivity contribution is 5.98. The molecule has 0 saturated carbocycles. The third-order valence-corrected chi connectivity index (χ3v) is 4.36. The van der Waals surface area contributed by atoms with Gasteiger partial charge in [0.05, 0.1) is 18.6 Å². The highest BCUT2D eigenvalue weighted by Crippen LogP contribution is 2.25. The molecule has 0 fully saturated rings. The second kappa shape index (κ2) is 9.38. The van der Waals surface area contributed by atoms with Gasteiger partial charge in [0.2, 0.25) is 0 Å². The van der Waals surface area contributed by atoms with E-state index in [1.807, 2.05) is 37.3 Å². The number of carbonyl (C=O) groups is 2. The van der Waals surface area contributed by atoms with Crippen molar-refractivity contribution in [1.29, 1.82) is 0 Å². The Morgan fingerprint density at radius 3 is 2.62 bits per heavy atom. The quantitative estimate of drug-likeness (QED) is 0.555. The second-order valence-electron chi connectivity index (χ2n) is 6.20. The number of benzene rings is 1. The molecule has 0 aromatic heterocycles. The van der Waals surface area contributed by atoms with Crippen molar-refractivity contribution >= 4 is 11.8 Å². The van der Waals surface area contributed by atoms with Gasteiger partial charge in [0.25, 0.3) is 0 Å². The summed E-state index contributed by atoms with van der Waals surface area (Å²) in [5.74, 6) is -0.322. The van der Waals surface area contributed by atoms with E-state index in [0.717, 1.165) is 36.8 Å². The average Bonchev–Trinajstić information content (AvgIpc) is 2.89. The van der Waals surface area contributed by atoms with Crippen LogP contribution in [0, 0.1) is 0 Å². The lowest BCUT2D eigenvalue weighted by atomic mass is 9.92. The minimum Gasteiger partial charge on any atom is -0.466 e. The number of allylic oxidation sites excluding steroid dienone is 1. The zero-order chi connectivity index (χ0) is 17.4. The second-order valence-corrected chi connectivity index (χ2v) is 6.20. The molecule has 1 aliphatic carbocycles. The molecule has 0 bridgehead atoms. The van der Waals surface area contributed by atoms with E-state index in [1.165, 1.54) is 0 Å². The first-order valence-corrected chi connectivity index (χ1v) is 8.75. The summed E-state index contributed by atoms with van der Waals surface area (Å²) in [4.78, 5) is 23.8. The van der Waals surface area contributed by atoms with Crippen LogP contribution in [0.4, 0.5) is 0 Å². The van der Waals surface area contributed by atoms with Crippen molar-refractivity contribution in [3.8, 4) is 0 Å². The van der Waals surface area contributed by atoms with E-state index in [0.29, 0.717) is 13.0 Å². The molecule has 1 aliphatic rings. The van der Waals surface area contributed by atoms with Gasteiger partial charge in [-0.3, -0.25) is 9.59 Å². The fourth-order valence-electron chi connectivity index (χ4n) is 3.12. The number of ketones is 1. The van der Waals surface area contributed by atoms with E-state index in [-0.39, 0.29) is 24.1 Å². The molecule has 1 N–H and O–H groups in total. The molecule has 0 radical (unpaired) electrons. The van der Waals surface area contributed by atoms with Crippen LogP contribution in [-0.2, 0) is 14.3 Å². The Morgan fingerprint density at radius 2 is 2.00 bits per heavy atom. The molecule has 0 aliphatic heterocycles. The zero-order valence-electron chi connectivity index (χ0n) is 14.2. The van der Waals surface area contributed by atoms with Crippen molar-refractivity contribution in [3.05, 3.63) is 47.5 Å². The minimum absolute atomic E-state index is 0.0659. The minimum atomic E-state index is -0.598. The van der Waals surface area contributed by atoms with E-state index in [9.17, 15) is 14.7 Å². The third kappa shape index (κ3) is 5.31. The number of aliphatic hydroxyl groups is 1. The van der Waals surface area contributed by atoms with Gasteiger partial charge in [-0.05, 0) is 43.4 Å². The van der Waals surface area contributed by atoms with Crippen LogP contribution >= 0.6 is 0 Å². The summed E-state index contributed by atoms with van der Waals surface area (Å²) in [6, 6.07) is 9.73. The number of esters is 1. The van der Waals surface area contributed by atoms with Crippen LogP contribution in [0.25, 0.3) is 0 Å². The summed E-state index contributed by atoms with van der Waals surface area (Å²) >= 11 is 0. The first kappa shape index (κ1) is 18.4. The molecule has 1 aromatic rings. The predicted octanol–water partition coefficient (Wildman–Crippen LogP) is 3.54. The summed E-state index contributed by atoms with van der Waals surface area (Å²) in [7, 11) is 0. The highest BCUT2D eigenvalue weighted by Gasteiger charge is 2.23. The van der Waals surface area contributed by atoms with E-state index in [4.69, 9.17) is 4.74 Å². The van der Waals surface area contributed by atoms with Crippen LogP contribution < -0.4 is 0 Å². The van der Waals surface area contributed by atoms with Gasteiger partial charge in [0.15, 0.2) is 5.78 Å². The van der Waals surface area contributed by atoms with E-state index in [1.54, 1.807) is 6.08 Å². The highest BCUT2D eigenvalue weighted by atomic mass is 16.5. The van der Waals surface area contributed by atoms with Crippen molar-refractivity contribution in [2.24, 2.45) is 0 Å². The SMILES string of the molecule is CCOC(=O)C(CCCCCC1=CC(O)CC1=O)c1ccccc1. The van der Waals surface area contributed by atoms with Gasteiger partial charge >= 0.3 is 5.97 Å². The molecule has 2 rings (SSSR count). The van der Waals surface area contributed by atoms with Crippen molar-refractivity contribution < 1.29 is 19.4 Å². The van der Waals surface area contributed by atoms with Crippen LogP contribution in [0.1, 0.15) is 56.9 Å². The molecule has 24 heavy (non-hydrogen) atoms. The predicted molar refractivity (Wildman–Crippen MR) is 92.6 cm³/mol. The molecule has 0 saturated heterocycles. The molecule has 1 aromatic carbocycles. The topological polar surface area (TPSA) is 63.6 Å². The smallest absolute Gasteiger partial charge is 0.313 e. The average molecular weight is 330 g/mol. The molecule has 4 heteroatoms. The van der Waals surface area contributed by atoms with Crippen molar-refractivity contribution in [2.45, 2.75) is 57.5 Å². The summed E-state index contributed by atoms with van der Waals surface area (Å²) in [6.45, 7) is 2.21. The Kier molecular flexibility index (Phi) is 7.19. The first-order valence-electron chi connectivity index (χ1n) is 8.75. The molecular weight excluding hydrogens is 304 g/mol. The fourth-order valence-corrected chi connectivity index (χ4v) is 3.12. The van der Waals surface area contributed by atoms with Crippen LogP contribution in [-0.4, -0.2) is 29.6 Å². The Labute approximate surface area is 143 Å². The number of ether oxygens (including phenoxy) is 1. The lowest BCUT2D eigenvalue weighted by Gasteiger charge is -2.16. The standard InChI is InChI=1S/C20H26O4/c1-2-24-20(23)18(15-9-5-3-6-10-15)12-8-4-7-11-16-13-17(21)14-19(16)22/h3,5-6,9-10,13,17-18,21H,2,4,7-8,11-12,14H2,1H3. The van der Waals surface area contributed by atoms with Gasteiger partial charge < -0.3 is 9.84 Å². The summed E-state index contributed by atoms with van der Waals surface area (Å²) < 4.78 is 5.20. The summed E-state index contributed by atoms with van der Waals surface area (Å²) in [6.07, 6.45) is 5.52. The number of Topliss-reactive ketones (excluding diaryl/α,β-unsaturated/α-hetero) is 1. The van der Waals surface area contributed by atoms with Gasteiger partial charge in [-0.25, -0.2) is 0 Å². The van der Waals surface area contributed by atoms with Gasteiger partial charge in [-0.1, -0.05) is 43.2 Å². The van der Waals surface area contributed by atoms with Crippen molar-refractivity contribution in [1.82, 2.24) is 0 Å². The van der Waals surface area contributed by atoms with Crippen LogP contribution in [0.15, 0.2) is 42.0 Å². The van der Waals surface area contributed by atoms with Crippen LogP contribution in [0.3, 0.4) is 0 Å². The maximum Gasteiger partial charge on any atom is 0.313 e. The normalized spacial score (nSPS) is 18.3. The fraction of sp³-hybridized carbons (Fsp3) is 0.500. The maximum absolute atomic E-state index is 12.2. The van der Waals surface area contributed by atoms with Gasteiger partial charge in [-0.2, -0.15) is 0 Å². The maximum atomic E-state index is 12.2. The van der Waals surface area contributed by atoms with Gasteiger partial charge in [-0.15, -0.1) is 0 Å². The number of unbranched alkanes of at least 4 members (excludes halogenated alkanes) is 2. The largest absolute Gasteiger partial charge is 0.466 e. The van der Waals surface area contributed by atoms with Crippen molar-refractivity contribution in [2.75, 3.05) is 6.61 Å². The molecule has 0 heterocycles. The Balaban J connectivity index is 1.80. The molecule has 0 spiro atoms. The Bertz CT molecular complexity index is 577. The number of hydrogen-bond acceptors (Lipinski definition) is 4. The Hall–Kier alpha value is -1.94. The van der Waals surface area contributed by atoms with E-state index in [2.05, 4.69) is 0 Å². The monoisotopic (exact) mass is 330 g/mol. The molecule has 0 amide bonds. The number of rotatable bonds is 9. The lowest BCUT2D eigenvalue weighted by Crippen LogP contribution is -2.16. The molecular formula is C20H26O4. The van der Waals surface area contributed by atoms with E-state index >= 15 is 0 Å². The summed E-state index contributed by atoms with van der Waals surface area (Å²) in [5, 5.41) is 9.43. The zero-order valence-corrected chi connectivity index (χ0v) is 14.2. The molecule has 4 nitrogen and oxygen atoms in total. The van der Waals surface area contributed by atoms with E-state index < -0.39 is 6.10 Å². The Morgan fingerprint density at radius 1 is 1.25 bits per heavy atom. The number of carbonyl (C=O) groups excluding carboxylic acids is 2. The number of aliphatic hydroxyl groups excluding tert-OH is 1. The molecule has 2 atom stereocenters. The first-order chi connectivity index (χ1) is 11.6.